The summed E-state index contributed by atoms with van der Waals surface area (Å²) in [5.41, 5.74) is 4.51. The maximum Gasteiger partial charge on any atom is 0.225 e. The summed E-state index contributed by atoms with van der Waals surface area (Å²) in [6, 6.07) is 16.1. The van der Waals surface area contributed by atoms with Crippen LogP contribution in [0.15, 0.2) is 53.5 Å². The van der Waals surface area contributed by atoms with E-state index in [2.05, 4.69) is 34.1 Å². The van der Waals surface area contributed by atoms with Crippen molar-refractivity contribution in [1.82, 2.24) is 15.5 Å². The van der Waals surface area contributed by atoms with Gasteiger partial charge in [-0.2, -0.15) is 0 Å². The Bertz CT molecular complexity index is 985. The summed E-state index contributed by atoms with van der Waals surface area (Å²) in [7, 11) is 0. The van der Waals surface area contributed by atoms with Crippen molar-refractivity contribution < 1.29 is 9.59 Å². The molecule has 33 heavy (non-hydrogen) atoms. The number of rotatable bonds is 7. The molecule has 0 aromatic heterocycles. The molecule has 0 radical (unpaired) electrons. The number of fused-ring (bicyclic) bond motifs is 2. The van der Waals surface area contributed by atoms with Crippen LogP contribution in [0.3, 0.4) is 0 Å². The SMILES string of the molecule is CCNC(=NCC1CC(=O)Nc2ccccc21)NCCCC(=O)N1Cc2ccccc2C1.I. The number of hydrogen-bond donors (Lipinski definition) is 3. The third-order valence-electron chi connectivity index (χ3n) is 5.97. The van der Waals surface area contributed by atoms with Crippen molar-refractivity contribution in [2.45, 2.75) is 45.2 Å². The Morgan fingerprint density at radius 3 is 2.52 bits per heavy atom. The van der Waals surface area contributed by atoms with Crippen LogP contribution < -0.4 is 16.0 Å². The van der Waals surface area contributed by atoms with E-state index in [0.29, 0.717) is 39.0 Å². The van der Waals surface area contributed by atoms with Crippen molar-refractivity contribution in [3.05, 3.63) is 65.2 Å². The number of carbonyl (C=O) groups is 2. The highest BCUT2D eigenvalue weighted by atomic mass is 127. The fourth-order valence-corrected chi connectivity index (χ4v) is 4.32. The standard InChI is InChI=1S/C25H31N5O2.HI/c1-2-26-25(28-15-20-14-23(31)29-22-11-6-5-10-21(20)22)27-13-7-12-24(32)30-16-18-8-3-4-9-19(18)17-30;/h3-6,8-11,20H,2,7,12-17H2,1H3,(H,29,31)(H2,26,27,28);1H. The maximum absolute atomic E-state index is 12.6. The maximum atomic E-state index is 12.6. The number of para-hydroxylation sites is 1. The van der Waals surface area contributed by atoms with Crippen LogP contribution in [0.1, 0.15) is 48.8 Å². The number of nitrogens with one attached hydrogen (secondary N) is 3. The van der Waals surface area contributed by atoms with E-state index in [4.69, 9.17) is 4.99 Å². The summed E-state index contributed by atoms with van der Waals surface area (Å²) in [5, 5.41) is 9.51. The van der Waals surface area contributed by atoms with Gasteiger partial charge < -0.3 is 20.9 Å². The van der Waals surface area contributed by atoms with Gasteiger partial charge in [-0.15, -0.1) is 24.0 Å². The lowest BCUT2D eigenvalue weighted by Gasteiger charge is -2.24. The molecule has 2 aliphatic rings. The smallest absolute Gasteiger partial charge is 0.225 e. The summed E-state index contributed by atoms with van der Waals surface area (Å²) >= 11 is 0. The molecule has 2 aromatic rings. The van der Waals surface area contributed by atoms with Crippen LogP contribution in [-0.2, 0) is 22.7 Å². The Hall–Kier alpha value is -2.62. The van der Waals surface area contributed by atoms with Gasteiger partial charge >= 0.3 is 0 Å². The molecular formula is C25H32IN5O2. The zero-order valence-electron chi connectivity index (χ0n) is 19.0. The van der Waals surface area contributed by atoms with Crippen LogP contribution in [0.2, 0.25) is 0 Å². The van der Waals surface area contributed by atoms with E-state index in [1.54, 1.807) is 0 Å². The van der Waals surface area contributed by atoms with Gasteiger partial charge in [0.05, 0.1) is 6.54 Å². The summed E-state index contributed by atoms with van der Waals surface area (Å²) in [6.07, 6.45) is 1.69. The summed E-state index contributed by atoms with van der Waals surface area (Å²) in [6.45, 7) is 5.39. The molecule has 0 spiro atoms. The molecule has 3 N–H and O–H groups in total. The first-order chi connectivity index (χ1) is 15.6. The number of hydrogen-bond acceptors (Lipinski definition) is 3. The minimum absolute atomic E-state index is 0. The molecule has 2 aliphatic heterocycles. The monoisotopic (exact) mass is 561 g/mol. The van der Waals surface area contributed by atoms with Crippen molar-refractivity contribution in [3.63, 3.8) is 0 Å². The number of aliphatic imine (C=N–C) groups is 1. The molecular weight excluding hydrogens is 529 g/mol. The van der Waals surface area contributed by atoms with E-state index < -0.39 is 0 Å². The van der Waals surface area contributed by atoms with Gasteiger partial charge in [-0.05, 0) is 36.1 Å². The summed E-state index contributed by atoms with van der Waals surface area (Å²) < 4.78 is 0. The topological polar surface area (TPSA) is 85.8 Å². The lowest BCUT2D eigenvalue weighted by molar-refractivity contribution is -0.131. The molecule has 0 fully saturated rings. The Balaban J connectivity index is 0.00000306. The van der Waals surface area contributed by atoms with Crippen molar-refractivity contribution in [3.8, 4) is 0 Å². The van der Waals surface area contributed by atoms with E-state index >= 15 is 0 Å². The highest BCUT2D eigenvalue weighted by Crippen LogP contribution is 2.32. The Labute approximate surface area is 212 Å². The second-order valence-corrected chi connectivity index (χ2v) is 8.30. The molecule has 1 unspecified atom stereocenters. The first-order valence-electron chi connectivity index (χ1n) is 11.4. The number of anilines is 1. The highest BCUT2D eigenvalue weighted by Gasteiger charge is 2.25. The average Bonchev–Trinajstić information content (AvgIpc) is 3.24. The van der Waals surface area contributed by atoms with Crippen LogP contribution in [0.4, 0.5) is 5.69 Å². The van der Waals surface area contributed by atoms with Crippen LogP contribution in [0.25, 0.3) is 0 Å². The predicted molar refractivity (Wildman–Crippen MR) is 142 cm³/mol. The molecule has 2 amide bonds. The molecule has 4 rings (SSSR count). The van der Waals surface area contributed by atoms with Gasteiger partial charge in [-0.25, -0.2) is 0 Å². The van der Waals surface area contributed by atoms with Gasteiger partial charge in [0.15, 0.2) is 5.96 Å². The molecule has 176 valence electrons. The van der Waals surface area contributed by atoms with E-state index in [-0.39, 0.29) is 41.7 Å². The average molecular weight is 561 g/mol. The molecule has 7 nitrogen and oxygen atoms in total. The van der Waals surface area contributed by atoms with Gasteiger partial charge in [0.25, 0.3) is 0 Å². The van der Waals surface area contributed by atoms with Crippen molar-refractivity contribution in [1.29, 1.82) is 0 Å². The lowest BCUT2D eigenvalue weighted by Crippen LogP contribution is -2.38. The van der Waals surface area contributed by atoms with Gasteiger partial charge in [0.2, 0.25) is 11.8 Å². The second kappa shape index (κ2) is 12.0. The van der Waals surface area contributed by atoms with E-state index in [1.807, 2.05) is 42.2 Å². The van der Waals surface area contributed by atoms with Gasteiger partial charge in [0.1, 0.15) is 0 Å². The normalized spacial score (nSPS) is 16.9. The fourth-order valence-electron chi connectivity index (χ4n) is 4.32. The quantitative estimate of drug-likeness (QED) is 0.209. The third-order valence-corrected chi connectivity index (χ3v) is 5.97. The molecule has 2 heterocycles. The Kier molecular flexibility index (Phi) is 9.11. The van der Waals surface area contributed by atoms with Gasteiger partial charge in [0, 0.05) is 50.6 Å². The number of amides is 2. The van der Waals surface area contributed by atoms with Crippen LogP contribution in [-0.4, -0.2) is 42.3 Å². The van der Waals surface area contributed by atoms with Crippen LogP contribution in [0.5, 0.6) is 0 Å². The zero-order valence-corrected chi connectivity index (χ0v) is 21.3. The molecule has 0 saturated carbocycles. The highest BCUT2D eigenvalue weighted by molar-refractivity contribution is 14.0. The van der Waals surface area contributed by atoms with E-state index in [0.717, 1.165) is 30.2 Å². The molecule has 0 aliphatic carbocycles. The molecule has 1 atom stereocenters. The van der Waals surface area contributed by atoms with Crippen molar-refractivity contribution in [2.24, 2.45) is 4.99 Å². The number of nitrogens with zero attached hydrogens (tertiary/aromatic N) is 2. The first kappa shape index (κ1) is 25.0. The Morgan fingerprint density at radius 1 is 1.09 bits per heavy atom. The van der Waals surface area contributed by atoms with Gasteiger partial charge in [-0.1, -0.05) is 42.5 Å². The zero-order chi connectivity index (χ0) is 22.3. The Morgan fingerprint density at radius 2 is 1.79 bits per heavy atom. The lowest BCUT2D eigenvalue weighted by atomic mass is 9.91. The van der Waals surface area contributed by atoms with Crippen molar-refractivity contribution >= 4 is 47.4 Å². The largest absolute Gasteiger partial charge is 0.357 e. The number of guanidine groups is 1. The minimum atomic E-state index is 0. The van der Waals surface area contributed by atoms with E-state index in [9.17, 15) is 9.59 Å². The minimum Gasteiger partial charge on any atom is -0.357 e. The molecule has 8 heteroatoms. The predicted octanol–water partition coefficient (Wildman–Crippen LogP) is 3.61. The number of benzene rings is 2. The second-order valence-electron chi connectivity index (χ2n) is 8.30. The molecule has 0 saturated heterocycles. The van der Waals surface area contributed by atoms with Gasteiger partial charge in [-0.3, -0.25) is 14.6 Å². The van der Waals surface area contributed by atoms with Crippen LogP contribution in [0, 0.1) is 0 Å². The molecule has 2 aromatic carbocycles. The number of carbonyl (C=O) groups excluding carboxylic acids is 2. The summed E-state index contributed by atoms with van der Waals surface area (Å²) in [4.78, 5) is 31.3. The summed E-state index contributed by atoms with van der Waals surface area (Å²) in [5.74, 6) is 1.00. The number of halogens is 1. The fraction of sp³-hybridized carbons (Fsp3) is 0.400. The van der Waals surface area contributed by atoms with E-state index in [1.165, 1.54) is 11.1 Å². The molecule has 0 bridgehead atoms. The van der Waals surface area contributed by atoms with Crippen molar-refractivity contribution in [2.75, 3.05) is 25.0 Å². The third kappa shape index (κ3) is 6.46. The first-order valence-corrected chi connectivity index (χ1v) is 11.4. The van der Waals surface area contributed by atoms with Crippen LogP contribution >= 0.6 is 24.0 Å².